The van der Waals surface area contributed by atoms with Gasteiger partial charge in [0, 0.05) is 28.5 Å². The van der Waals surface area contributed by atoms with Crippen molar-refractivity contribution >= 4 is 23.1 Å². The van der Waals surface area contributed by atoms with Crippen molar-refractivity contribution in [1.82, 2.24) is 0 Å². The molecule has 4 rings (SSSR count). The van der Waals surface area contributed by atoms with Crippen LogP contribution in [0, 0.1) is 5.92 Å². The molecule has 0 atom stereocenters. The summed E-state index contributed by atoms with van der Waals surface area (Å²) in [6, 6.07) is 12.9. The number of anilines is 2. The third kappa shape index (κ3) is 2.76. The number of rotatable bonds is 3. The molecule has 0 amide bonds. The summed E-state index contributed by atoms with van der Waals surface area (Å²) in [5.74, 6) is 2.41. The second kappa shape index (κ2) is 6.00. The Balaban J connectivity index is 1.78. The number of nitrogens with zero attached hydrogens (tertiary/aromatic N) is 1. The molecule has 0 saturated heterocycles. The van der Waals surface area contributed by atoms with E-state index in [0.29, 0.717) is 19.1 Å². The van der Waals surface area contributed by atoms with Gasteiger partial charge in [-0.2, -0.15) is 0 Å². The summed E-state index contributed by atoms with van der Waals surface area (Å²) in [5.41, 5.74) is 2.53. The summed E-state index contributed by atoms with van der Waals surface area (Å²) in [6.45, 7) is 6.82. The van der Waals surface area contributed by atoms with Gasteiger partial charge in [0.25, 0.3) is 0 Å². The summed E-state index contributed by atoms with van der Waals surface area (Å²) in [7, 11) is 0. The maximum Gasteiger partial charge on any atom is 0.163 e. The van der Waals surface area contributed by atoms with Gasteiger partial charge in [-0.1, -0.05) is 37.7 Å². The molecule has 2 aliphatic rings. The summed E-state index contributed by atoms with van der Waals surface area (Å²) < 4.78 is 11.5. The molecule has 120 valence electrons. The van der Waals surface area contributed by atoms with Crippen LogP contribution >= 0.6 is 11.8 Å². The fourth-order valence-electron chi connectivity index (χ4n) is 2.99. The van der Waals surface area contributed by atoms with Crippen LogP contribution in [-0.4, -0.2) is 19.8 Å². The molecule has 0 saturated carbocycles. The maximum atomic E-state index is 5.79. The van der Waals surface area contributed by atoms with Crippen LogP contribution in [0.25, 0.3) is 0 Å². The van der Waals surface area contributed by atoms with Gasteiger partial charge < -0.3 is 14.4 Å². The number of hydrogen-bond donors (Lipinski definition) is 0. The molecule has 2 aromatic rings. The van der Waals surface area contributed by atoms with Crippen LogP contribution in [-0.2, 0) is 0 Å². The van der Waals surface area contributed by atoms with Crippen molar-refractivity contribution in [2.75, 3.05) is 24.7 Å². The molecule has 0 N–H and O–H groups in total. The highest BCUT2D eigenvalue weighted by molar-refractivity contribution is 7.99. The van der Waals surface area contributed by atoms with Gasteiger partial charge >= 0.3 is 0 Å². The van der Waals surface area contributed by atoms with Crippen molar-refractivity contribution in [2.45, 2.75) is 30.1 Å². The minimum Gasteiger partial charge on any atom is -0.486 e. The molecule has 0 fully saturated rings. The zero-order chi connectivity index (χ0) is 15.8. The van der Waals surface area contributed by atoms with Gasteiger partial charge in [-0.3, -0.25) is 0 Å². The summed E-state index contributed by atoms with van der Waals surface area (Å²) >= 11 is 1.82. The lowest BCUT2D eigenvalue weighted by Crippen LogP contribution is -2.24. The first-order valence-corrected chi connectivity index (χ1v) is 9.02. The SMILES string of the molecule is CC(C)CCN1c2ccccc2Sc2cc3c(cc21)OCCO3. The Labute approximate surface area is 141 Å². The molecule has 2 aliphatic heterocycles. The predicted molar refractivity (Wildman–Crippen MR) is 94.5 cm³/mol. The van der Waals surface area contributed by atoms with E-state index >= 15 is 0 Å². The van der Waals surface area contributed by atoms with E-state index in [9.17, 15) is 0 Å². The van der Waals surface area contributed by atoms with Crippen LogP contribution < -0.4 is 14.4 Å². The Kier molecular flexibility index (Phi) is 3.85. The second-order valence-electron chi connectivity index (χ2n) is 6.37. The average molecular weight is 327 g/mol. The summed E-state index contributed by atoms with van der Waals surface area (Å²) in [6.07, 6.45) is 1.16. The van der Waals surface area contributed by atoms with E-state index in [0.717, 1.165) is 24.5 Å². The molecular weight excluding hydrogens is 306 g/mol. The van der Waals surface area contributed by atoms with E-state index in [-0.39, 0.29) is 0 Å². The van der Waals surface area contributed by atoms with Crippen LogP contribution in [0.2, 0.25) is 0 Å². The van der Waals surface area contributed by atoms with E-state index in [1.54, 1.807) is 0 Å². The van der Waals surface area contributed by atoms with E-state index in [4.69, 9.17) is 9.47 Å². The zero-order valence-electron chi connectivity index (χ0n) is 13.5. The number of fused-ring (bicyclic) bond motifs is 3. The molecule has 2 heterocycles. The molecule has 23 heavy (non-hydrogen) atoms. The topological polar surface area (TPSA) is 21.7 Å². The van der Waals surface area contributed by atoms with Crippen molar-refractivity contribution in [2.24, 2.45) is 5.92 Å². The van der Waals surface area contributed by atoms with Crippen LogP contribution in [0.3, 0.4) is 0 Å². The normalized spacial score (nSPS) is 15.3. The Morgan fingerprint density at radius 1 is 1.00 bits per heavy atom. The number of benzene rings is 2. The quantitative estimate of drug-likeness (QED) is 0.781. The highest BCUT2D eigenvalue weighted by Gasteiger charge is 2.26. The first-order valence-electron chi connectivity index (χ1n) is 8.20. The van der Waals surface area contributed by atoms with Crippen molar-refractivity contribution in [3.8, 4) is 11.5 Å². The third-order valence-corrected chi connectivity index (χ3v) is 5.33. The van der Waals surface area contributed by atoms with E-state index in [1.807, 2.05) is 11.8 Å². The first-order chi connectivity index (χ1) is 11.2. The van der Waals surface area contributed by atoms with Crippen LogP contribution in [0.5, 0.6) is 11.5 Å². The molecule has 0 aliphatic carbocycles. The van der Waals surface area contributed by atoms with Crippen molar-refractivity contribution < 1.29 is 9.47 Å². The Hall–Kier alpha value is -1.81. The largest absolute Gasteiger partial charge is 0.486 e. The van der Waals surface area contributed by atoms with Gasteiger partial charge in [0.15, 0.2) is 11.5 Å². The van der Waals surface area contributed by atoms with Crippen LogP contribution in [0.15, 0.2) is 46.2 Å². The lowest BCUT2D eigenvalue weighted by molar-refractivity contribution is 0.171. The predicted octanol–water partition coefficient (Wildman–Crippen LogP) is 5.11. The van der Waals surface area contributed by atoms with Gasteiger partial charge in [0.2, 0.25) is 0 Å². The van der Waals surface area contributed by atoms with E-state index in [1.165, 1.54) is 21.2 Å². The summed E-state index contributed by atoms with van der Waals surface area (Å²) in [5, 5.41) is 0. The van der Waals surface area contributed by atoms with Gasteiger partial charge in [-0.05, 0) is 24.5 Å². The van der Waals surface area contributed by atoms with Crippen molar-refractivity contribution in [3.63, 3.8) is 0 Å². The van der Waals surface area contributed by atoms with Crippen molar-refractivity contribution in [1.29, 1.82) is 0 Å². The monoisotopic (exact) mass is 327 g/mol. The molecule has 4 heteroatoms. The van der Waals surface area contributed by atoms with Gasteiger partial charge in [-0.25, -0.2) is 0 Å². The highest BCUT2D eigenvalue weighted by atomic mass is 32.2. The number of para-hydroxylation sites is 1. The Bertz CT molecular complexity index is 729. The third-order valence-electron chi connectivity index (χ3n) is 4.22. The maximum absolute atomic E-state index is 5.79. The Morgan fingerprint density at radius 3 is 2.52 bits per heavy atom. The number of hydrogen-bond acceptors (Lipinski definition) is 4. The van der Waals surface area contributed by atoms with E-state index < -0.39 is 0 Å². The summed E-state index contributed by atoms with van der Waals surface area (Å²) in [4.78, 5) is 4.98. The fraction of sp³-hybridized carbons (Fsp3) is 0.368. The Morgan fingerprint density at radius 2 is 1.74 bits per heavy atom. The molecule has 3 nitrogen and oxygen atoms in total. The molecular formula is C19H21NO2S. The van der Waals surface area contributed by atoms with Gasteiger partial charge in [0.05, 0.1) is 11.4 Å². The highest BCUT2D eigenvalue weighted by Crippen LogP contribution is 2.51. The minimum atomic E-state index is 0.626. The smallest absolute Gasteiger partial charge is 0.163 e. The average Bonchev–Trinajstić information content (AvgIpc) is 2.56. The molecule has 0 radical (unpaired) electrons. The minimum absolute atomic E-state index is 0.626. The molecule has 0 unspecified atom stereocenters. The lowest BCUT2D eigenvalue weighted by atomic mass is 10.1. The van der Waals surface area contributed by atoms with Crippen LogP contribution in [0.1, 0.15) is 20.3 Å². The molecule has 2 aromatic carbocycles. The standard InChI is InChI=1S/C19H21NO2S/c1-13(2)7-8-20-14-5-3-4-6-18(14)23-19-12-17-16(11-15(19)20)21-9-10-22-17/h3-6,11-13H,7-10H2,1-2H3. The zero-order valence-corrected chi connectivity index (χ0v) is 14.4. The molecule has 0 bridgehead atoms. The number of ether oxygens (including phenoxy) is 2. The van der Waals surface area contributed by atoms with E-state index in [2.05, 4.69) is 55.1 Å². The van der Waals surface area contributed by atoms with Gasteiger partial charge in [-0.15, -0.1) is 0 Å². The fourth-order valence-corrected chi connectivity index (χ4v) is 4.10. The molecule has 0 spiro atoms. The molecule has 0 aromatic heterocycles. The second-order valence-corrected chi connectivity index (χ2v) is 7.45. The first kappa shape index (κ1) is 14.8. The van der Waals surface area contributed by atoms with Gasteiger partial charge in [0.1, 0.15) is 13.2 Å². The van der Waals surface area contributed by atoms with Crippen LogP contribution in [0.4, 0.5) is 11.4 Å². The lowest BCUT2D eigenvalue weighted by Gasteiger charge is -2.34. The van der Waals surface area contributed by atoms with Crippen molar-refractivity contribution in [3.05, 3.63) is 36.4 Å².